The Balaban J connectivity index is 1.39. The van der Waals surface area contributed by atoms with Crippen molar-refractivity contribution in [3.05, 3.63) is 54.1 Å². The third-order valence-electron chi connectivity index (χ3n) is 10.3. The maximum atomic E-state index is 16.3. The van der Waals surface area contributed by atoms with Crippen molar-refractivity contribution >= 4 is 43.2 Å². The molecule has 0 saturated carbocycles. The zero-order chi connectivity index (χ0) is 34.7. The van der Waals surface area contributed by atoms with Crippen molar-refractivity contribution in [2.45, 2.75) is 93.3 Å². The van der Waals surface area contributed by atoms with Gasteiger partial charge in [0.2, 0.25) is 14.3 Å². The number of aliphatic hydroxyl groups excluding tert-OH is 5. The van der Waals surface area contributed by atoms with Crippen LogP contribution in [0.5, 0.6) is 0 Å². The van der Waals surface area contributed by atoms with Crippen LogP contribution in [0.4, 0.5) is 21.2 Å². The highest BCUT2D eigenvalue weighted by Gasteiger charge is 2.67. The van der Waals surface area contributed by atoms with Gasteiger partial charge in [0.1, 0.15) is 18.3 Å². The number of nitrogens with one attached hydrogen (secondary N) is 1. The molecule has 0 aliphatic carbocycles. The van der Waals surface area contributed by atoms with Crippen LogP contribution in [0, 0.1) is 5.92 Å². The number of hydrogen-bond acceptors (Lipinski definition) is 10. The molecule has 13 nitrogen and oxygen atoms in total. The van der Waals surface area contributed by atoms with Gasteiger partial charge in [0.25, 0.3) is 11.8 Å². The number of hydrogen-bond donors (Lipinski definition) is 6. The number of halogens is 1. The van der Waals surface area contributed by atoms with E-state index in [9.17, 15) is 39.9 Å². The minimum Gasteiger partial charge on any atom is -0.394 e. The predicted octanol–water partition coefficient (Wildman–Crippen LogP) is 1.25. The van der Waals surface area contributed by atoms with Gasteiger partial charge in [0.05, 0.1) is 30.9 Å². The van der Waals surface area contributed by atoms with Crippen LogP contribution in [0.2, 0.25) is 18.6 Å². The van der Waals surface area contributed by atoms with E-state index < -0.39 is 74.1 Å². The summed E-state index contributed by atoms with van der Waals surface area (Å²) >= 11 is 0. The number of para-hydroxylation sites is 1. The van der Waals surface area contributed by atoms with E-state index in [1.807, 2.05) is 0 Å². The molecule has 0 unspecified atom stereocenters. The molecule has 1 spiro atoms. The van der Waals surface area contributed by atoms with Crippen LogP contribution < -0.4 is 10.2 Å². The van der Waals surface area contributed by atoms with Crippen LogP contribution in [0.15, 0.2) is 48.5 Å². The van der Waals surface area contributed by atoms with Gasteiger partial charge in [-0.2, -0.15) is 0 Å². The second-order valence-corrected chi connectivity index (χ2v) is 17.5. The van der Waals surface area contributed by atoms with E-state index in [0.29, 0.717) is 29.9 Å². The first kappa shape index (κ1) is 34.6. The standard InChI is InChI=1S/C33H42FN3O10Si/c1-17-29(48(2,3)34)23(15-24(39)36-13-7-10-20(36)16-38)47-33(17)21-14-18(35-30(43)28-26(41)25(40)27(42)31(44)46-28)11-12-22(21)37(32(33)45)19-8-5-4-6-9-19/h4-6,8-9,11-12,14,17,20,23,25-29,31,38,40-42,44H,7,10,13,15-16H2,1-3H3,(H,35,43)/t17-,20+,23+,25+,26+,27-,28+,29-,31-,33+/m1/s1. The molecule has 4 aliphatic heterocycles. The summed E-state index contributed by atoms with van der Waals surface area (Å²) in [5, 5.41) is 52.7. The molecule has 6 N–H and O–H groups in total. The highest BCUT2D eigenvalue weighted by atomic mass is 28.4. The third kappa shape index (κ3) is 5.65. The molecule has 260 valence electrons. The normalized spacial score (nSPS) is 34.9. The predicted molar refractivity (Wildman–Crippen MR) is 172 cm³/mol. The van der Waals surface area contributed by atoms with Gasteiger partial charge in [-0.15, -0.1) is 0 Å². The van der Waals surface area contributed by atoms with Crippen molar-refractivity contribution in [3.63, 3.8) is 0 Å². The van der Waals surface area contributed by atoms with E-state index in [4.69, 9.17) is 9.47 Å². The highest BCUT2D eigenvalue weighted by molar-refractivity contribution is 6.72. The van der Waals surface area contributed by atoms with E-state index in [2.05, 4.69) is 5.32 Å². The first-order valence-corrected chi connectivity index (χ1v) is 19.2. The molecule has 3 saturated heterocycles. The zero-order valence-electron chi connectivity index (χ0n) is 26.9. The largest absolute Gasteiger partial charge is 0.394 e. The molecule has 15 heteroatoms. The van der Waals surface area contributed by atoms with Gasteiger partial charge < -0.3 is 49.3 Å². The minimum absolute atomic E-state index is 0.151. The van der Waals surface area contributed by atoms with E-state index in [-0.39, 0.29) is 30.7 Å². The van der Waals surface area contributed by atoms with Gasteiger partial charge in [-0.3, -0.25) is 19.3 Å². The van der Waals surface area contributed by atoms with Gasteiger partial charge in [-0.05, 0) is 56.3 Å². The van der Waals surface area contributed by atoms with E-state index in [0.717, 1.165) is 6.42 Å². The van der Waals surface area contributed by atoms with Crippen LogP contribution in [-0.2, 0) is 29.5 Å². The fourth-order valence-electron chi connectivity index (χ4n) is 8.02. The van der Waals surface area contributed by atoms with E-state index >= 15 is 4.11 Å². The number of aliphatic hydroxyl groups is 5. The summed E-state index contributed by atoms with van der Waals surface area (Å²) in [4.78, 5) is 44.6. The lowest BCUT2D eigenvalue weighted by atomic mass is 9.82. The number of likely N-dealkylation sites (tertiary alicyclic amines) is 1. The van der Waals surface area contributed by atoms with Crippen molar-refractivity contribution in [2.75, 3.05) is 23.4 Å². The summed E-state index contributed by atoms with van der Waals surface area (Å²) in [5.74, 6) is -2.43. The fraction of sp³-hybridized carbons (Fsp3) is 0.545. The van der Waals surface area contributed by atoms with Crippen molar-refractivity contribution < 1.29 is 53.5 Å². The average Bonchev–Trinajstić information content (AvgIpc) is 3.71. The molecular formula is C33H42FN3O10Si. The molecular weight excluding hydrogens is 645 g/mol. The summed E-state index contributed by atoms with van der Waals surface area (Å²) in [5.41, 5.74) is -1.06. The van der Waals surface area contributed by atoms with E-state index in [1.54, 1.807) is 48.2 Å². The molecule has 2 aromatic rings. The monoisotopic (exact) mass is 687 g/mol. The fourth-order valence-corrected chi connectivity index (χ4v) is 10.5. The van der Waals surface area contributed by atoms with E-state index in [1.165, 1.54) is 30.1 Å². The summed E-state index contributed by atoms with van der Waals surface area (Å²) in [6, 6.07) is 13.2. The topological polar surface area (TPSA) is 189 Å². The third-order valence-corrected chi connectivity index (χ3v) is 12.7. The lowest BCUT2D eigenvalue weighted by molar-refractivity contribution is -0.274. The number of carbonyl (C=O) groups excluding carboxylic acids is 3. The van der Waals surface area contributed by atoms with Gasteiger partial charge >= 0.3 is 0 Å². The number of amides is 3. The van der Waals surface area contributed by atoms with Crippen molar-refractivity contribution in [1.82, 2.24) is 4.90 Å². The number of fused-ring (bicyclic) bond motifs is 2. The number of rotatable bonds is 7. The molecule has 4 aliphatic rings. The molecule has 6 rings (SSSR count). The summed E-state index contributed by atoms with van der Waals surface area (Å²) in [6.45, 7) is 5.09. The van der Waals surface area contributed by atoms with Crippen molar-refractivity contribution in [3.8, 4) is 0 Å². The lowest BCUT2D eigenvalue weighted by Crippen LogP contribution is -2.60. The molecule has 3 fully saturated rings. The number of nitrogens with zero attached hydrogens (tertiary/aromatic N) is 2. The Morgan fingerprint density at radius 2 is 1.77 bits per heavy atom. The smallest absolute Gasteiger partial charge is 0.268 e. The molecule has 0 aromatic heterocycles. The Morgan fingerprint density at radius 3 is 2.44 bits per heavy atom. The Hall–Kier alpha value is -3.28. The Labute approximate surface area is 278 Å². The number of ether oxygens (including phenoxy) is 2. The SMILES string of the molecule is C[C@@H]1[C@@H]([Si](C)(C)F)[C@H](CC(=O)N2CCC[C@H]2CO)O[C@@]12C(=O)N(c1ccccc1)c1ccc(NC(=O)[C@H]3O[C@@H](O)[C@H](O)[C@@H](O)[C@@H]3O)cc12. The second kappa shape index (κ2) is 12.9. The van der Waals surface area contributed by atoms with Crippen LogP contribution in [0.3, 0.4) is 0 Å². The van der Waals surface area contributed by atoms with Crippen LogP contribution in [-0.4, -0.2) is 113 Å². The number of benzene rings is 2. The molecule has 10 atom stereocenters. The number of carbonyl (C=O) groups is 3. The molecule has 4 heterocycles. The summed E-state index contributed by atoms with van der Waals surface area (Å²) < 4.78 is 28.1. The number of anilines is 3. The molecule has 2 aromatic carbocycles. The van der Waals surface area contributed by atoms with Gasteiger partial charge in [0, 0.05) is 34.9 Å². The second-order valence-electron chi connectivity index (χ2n) is 13.7. The quantitative estimate of drug-likeness (QED) is 0.183. The Kier molecular flexibility index (Phi) is 9.27. The highest BCUT2D eigenvalue weighted by Crippen LogP contribution is 2.61. The van der Waals surface area contributed by atoms with Crippen molar-refractivity contribution in [1.29, 1.82) is 0 Å². The maximum absolute atomic E-state index is 16.3. The first-order valence-electron chi connectivity index (χ1n) is 16.2. The van der Waals surface area contributed by atoms with Gasteiger partial charge in [-0.25, -0.2) is 0 Å². The van der Waals surface area contributed by atoms with Crippen LogP contribution in [0.25, 0.3) is 0 Å². The lowest BCUT2D eigenvalue weighted by Gasteiger charge is -2.37. The summed E-state index contributed by atoms with van der Waals surface area (Å²) in [7, 11) is -3.61. The Bertz CT molecular complexity index is 1560. The van der Waals surface area contributed by atoms with Crippen LogP contribution in [0.1, 0.15) is 31.7 Å². The maximum Gasteiger partial charge on any atom is 0.268 e. The molecule has 3 amide bonds. The first-order chi connectivity index (χ1) is 22.7. The molecule has 0 radical (unpaired) electrons. The molecule has 48 heavy (non-hydrogen) atoms. The average molecular weight is 688 g/mol. The summed E-state index contributed by atoms with van der Waals surface area (Å²) in [6.07, 6.45) is -8.92. The Morgan fingerprint density at radius 1 is 1.06 bits per heavy atom. The van der Waals surface area contributed by atoms with Crippen molar-refractivity contribution in [2.24, 2.45) is 5.92 Å². The van der Waals surface area contributed by atoms with Gasteiger partial charge in [-0.1, -0.05) is 25.1 Å². The van der Waals surface area contributed by atoms with Crippen LogP contribution >= 0.6 is 0 Å². The minimum atomic E-state index is -3.61. The molecule has 0 bridgehead atoms. The zero-order valence-corrected chi connectivity index (χ0v) is 27.9. The van der Waals surface area contributed by atoms with Gasteiger partial charge in [0.15, 0.2) is 18.0 Å².